The van der Waals surface area contributed by atoms with Crippen molar-refractivity contribution in [1.29, 1.82) is 0 Å². The molecule has 2 heteroatoms. The molecule has 33 heavy (non-hydrogen) atoms. The summed E-state index contributed by atoms with van der Waals surface area (Å²) in [5.41, 5.74) is 8.94. The second-order valence-corrected chi connectivity index (χ2v) is 11.1. The number of halogens is 1. The van der Waals surface area contributed by atoms with E-state index in [2.05, 4.69) is 75.5 Å². The van der Waals surface area contributed by atoms with Gasteiger partial charge in [0.15, 0.2) is 0 Å². The van der Waals surface area contributed by atoms with E-state index in [1.54, 1.807) is 16.7 Å². The number of hydrogen-bond acceptors (Lipinski definition) is 1. The predicted octanol–water partition coefficient (Wildman–Crippen LogP) is 8.88. The summed E-state index contributed by atoms with van der Waals surface area (Å²) >= 11 is 6.59. The smallest absolute Gasteiger partial charge is 0.0412 e. The number of rotatable bonds is 3. The zero-order valence-electron chi connectivity index (χ0n) is 21.1. The molecule has 0 radical (unpaired) electrons. The van der Waals surface area contributed by atoms with Crippen LogP contribution in [0.3, 0.4) is 0 Å². The first-order valence-corrected chi connectivity index (χ1v) is 13.7. The second kappa shape index (κ2) is 11.2. The van der Waals surface area contributed by atoms with E-state index in [4.69, 9.17) is 11.6 Å². The first-order chi connectivity index (χ1) is 16.0. The normalized spacial score (nSPS) is 27.5. The van der Waals surface area contributed by atoms with Crippen LogP contribution in [0, 0.1) is 17.8 Å². The fraction of sp³-hybridized carbons (Fsp3) is 0.548. The van der Waals surface area contributed by atoms with Gasteiger partial charge in [-0.1, -0.05) is 75.2 Å². The molecule has 0 aromatic heterocycles. The largest absolute Gasteiger partial charge is 0.317 e. The zero-order valence-corrected chi connectivity index (χ0v) is 21.8. The van der Waals surface area contributed by atoms with E-state index in [0.29, 0.717) is 17.8 Å². The summed E-state index contributed by atoms with van der Waals surface area (Å²) in [5.74, 6) is 2.40. The van der Waals surface area contributed by atoms with Crippen molar-refractivity contribution in [3.63, 3.8) is 0 Å². The van der Waals surface area contributed by atoms with Gasteiger partial charge in [-0.25, -0.2) is 0 Å². The van der Waals surface area contributed by atoms with Crippen LogP contribution in [0.25, 0.3) is 5.57 Å². The van der Waals surface area contributed by atoms with Gasteiger partial charge in [0.25, 0.3) is 0 Å². The van der Waals surface area contributed by atoms with Crippen molar-refractivity contribution in [2.24, 2.45) is 17.8 Å². The van der Waals surface area contributed by atoms with Gasteiger partial charge in [0, 0.05) is 5.02 Å². The van der Waals surface area contributed by atoms with Gasteiger partial charge in [-0.05, 0) is 122 Å². The predicted molar refractivity (Wildman–Crippen MR) is 145 cm³/mol. The third-order valence-electron chi connectivity index (χ3n) is 8.19. The van der Waals surface area contributed by atoms with Gasteiger partial charge in [0.05, 0.1) is 0 Å². The Morgan fingerprint density at radius 2 is 1.97 bits per heavy atom. The van der Waals surface area contributed by atoms with Crippen molar-refractivity contribution in [2.75, 3.05) is 13.1 Å². The Morgan fingerprint density at radius 3 is 2.79 bits per heavy atom. The van der Waals surface area contributed by atoms with Crippen LogP contribution in [0.4, 0.5) is 0 Å². The van der Waals surface area contributed by atoms with Gasteiger partial charge in [-0.2, -0.15) is 0 Å². The number of fused-ring (bicyclic) bond motifs is 2. The van der Waals surface area contributed by atoms with Crippen LogP contribution in [0.15, 0.2) is 59.2 Å². The number of benzene rings is 1. The van der Waals surface area contributed by atoms with Crippen LogP contribution in [-0.4, -0.2) is 13.1 Å². The van der Waals surface area contributed by atoms with E-state index in [9.17, 15) is 0 Å². The Morgan fingerprint density at radius 1 is 1.12 bits per heavy atom. The molecule has 0 amide bonds. The maximum atomic E-state index is 6.59. The molecule has 2 aliphatic carbocycles. The van der Waals surface area contributed by atoms with E-state index >= 15 is 0 Å². The molecule has 3 aliphatic rings. The SMILES string of the molecule is CCC1=CC(C)CC=CC2=C(C1)C(C(C)C1CCCNCC1)=CCC(C)c1ccc(Cl)cc12. The molecular weight excluding hydrogens is 422 g/mol. The summed E-state index contributed by atoms with van der Waals surface area (Å²) in [4.78, 5) is 0. The van der Waals surface area contributed by atoms with Gasteiger partial charge in [-0.3, -0.25) is 0 Å². The molecule has 4 atom stereocenters. The van der Waals surface area contributed by atoms with Crippen LogP contribution in [0.1, 0.15) is 89.7 Å². The van der Waals surface area contributed by atoms with Gasteiger partial charge >= 0.3 is 0 Å². The third-order valence-corrected chi connectivity index (χ3v) is 8.43. The van der Waals surface area contributed by atoms with Gasteiger partial charge in [0.1, 0.15) is 0 Å². The molecule has 1 heterocycles. The van der Waals surface area contributed by atoms with Crippen molar-refractivity contribution in [1.82, 2.24) is 5.32 Å². The molecule has 0 saturated carbocycles. The minimum absolute atomic E-state index is 0.491. The lowest BCUT2D eigenvalue weighted by Gasteiger charge is -2.31. The first-order valence-electron chi connectivity index (χ1n) is 13.3. The van der Waals surface area contributed by atoms with Crippen molar-refractivity contribution >= 4 is 17.2 Å². The summed E-state index contributed by atoms with van der Waals surface area (Å²) in [6.07, 6.45) is 18.3. The van der Waals surface area contributed by atoms with Gasteiger partial charge in [-0.15, -0.1) is 0 Å². The van der Waals surface area contributed by atoms with E-state index in [0.717, 1.165) is 43.2 Å². The maximum Gasteiger partial charge on any atom is 0.0412 e. The Kier molecular flexibility index (Phi) is 8.36. The fourth-order valence-electron chi connectivity index (χ4n) is 6.11. The molecular formula is C31H42ClN. The highest BCUT2D eigenvalue weighted by atomic mass is 35.5. The number of nitrogens with one attached hydrogen (secondary N) is 1. The van der Waals surface area contributed by atoms with Crippen molar-refractivity contribution in [2.45, 2.75) is 78.6 Å². The molecule has 1 saturated heterocycles. The average molecular weight is 464 g/mol. The van der Waals surface area contributed by atoms with E-state index in [1.807, 2.05) is 0 Å². The molecule has 1 nitrogen and oxygen atoms in total. The monoisotopic (exact) mass is 463 g/mol. The minimum Gasteiger partial charge on any atom is -0.317 e. The van der Waals surface area contributed by atoms with Crippen LogP contribution >= 0.6 is 11.6 Å². The quantitative estimate of drug-likeness (QED) is 0.441. The summed E-state index contributed by atoms with van der Waals surface area (Å²) in [5, 5.41) is 4.46. The summed E-state index contributed by atoms with van der Waals surface area (Å²) in [6.45, 7) is 11.9. The number of hydrogen-bond donors (Lipinski definition) is 1. The van der Waals surface area contributed by atoms with Crippen molar-refractivity contribution in [3.8, 4) is 0 Å². The highest BCUT2D eigenvalue weighted by Crippen LogP contribution is 2.44. The molecule has 4 unspecified atom stereocenters. The standard InChI is InChI=1S/C31H42ClN/c1-5-24-18-21(2)8-6-10-29-30(19-24)28(23(4)25-9-7-16-33-17-15-25)13-11-22(3)27-14-12-26(32)20-31(27)29/h6,10,12-14,18,20-23,25,33H,5,7-9,11,15-17,19H2,1-4H3. The lowest BCUT2D eigenvalue weighted by molar-refractivity contribution is 0.367. The second-order valence-electron chi connectivity index (χ2n) is 10.6. The van der Waals surface area contributed by atoms with Crippen molar-refractivity contribution < 1.29 is 0 Å². The Hall–Kier alpha value is -1.57. The lowest BCUT2D eigenvalue weighted by atomic mass is 9.73. The minimum atomic E-state index is 0.491. The van der Waals surface area contributed by atoms with Crippen LogP contribution in [0.5, 0.6) is 0 Å². The summed E-state index contributed by atoms with van der Waals surface area (Å²) in [6, 6.07) is 6.57. The summed E-state index contributed by atoms with van der Waals surface area (Å²) in [7, 11) is 0. The molecule has 0 spiro atoms. The van der Waals surface area contributed by atoms with E-state index in [1.165, 1.54) is 42.5 Å². The topological polar surface area (TPSA) is 12.0 Å². The molecule has 1 aromatic carbocycles. The Labute approximate surface area is 207 Å². The molecule has 0 bridgehead atoms. The molecule has 4 rings (SSSR count). The molecule has 1 aromatic rings. The molecule has 1 fully saturated rings. The van der Waals surface area contributed by atoms with Crippen LogP contribution in [-0.2, 0) is 0 Å². The zero-order chi connectivity index (χ0) is 23.4. The Bertz CT molecular complexity index is 955. The van der Waals surface area contributed by atoms with Crippen LogP contribution < -0.4 is 5.32 Å². The summed E-state index contributed by atoms with van der Waals surface area (Å²) < 4.78 is 0. The lowest BCUT2D eigenvalue weighted by Crippen LogP contribution is -2.19. The van der Waals surface area contributed by atoms with Crippen LogP contribution in [0.2, 0.25) is 5.02 Å². The average Bonchev–Trinajstić information content (AvgIpc) is 3.05. The first kappa shape index (κ1) is 24.6. The van der Waals surface area contributed by atoms with Gasteiger partial charge in [0.2, 0.25) is 0 Å². The third kappa shape index (κ3) is 5.75. The van der Waals surface area contributed by atoms with Gasteiger partial charge < -0.3 is 5.32 Å². The van der Waals surface area contributed by atoms with E-state index in [-0.39, 0.29) is 0 Å². The molecule has 1 aliphatic heterocycles. The highest BCUT2D eigenvalue weighted by molar-refractivity contribution is 6.30. The molecule has 1 N–H and O–H groups in total. The maximum absolute atomic E-state index is 6.59. The number of allylic oxidation sites excluding steroid dienone is 8. The Balaban J connectivity index is 1.90. The fourth-order valence-corrected chi connectivity index (χ4v) is 6.28. The highest BCUT2D eigenvalue weighted by Gasteiger charge is 2.28. The van der Waals surface area contributed by atoms with E-state index < -0.39 is 0 Å². The van der Waals surface area contributed by atoms with Crippen molar-refractivity contribution in [3.05, 3.63) is 75.4 Å². The molecule has 178 valence electrons.